The zero-order chi connectivity index (χ0) is 15.6. The molecule has 1 aromatic carbocycles. The predicted octanol–water partition coefficient (Wildman–Crippen LogP) is 3.32. The van der Waals surface area contributed by atoms with E-state index in [0.717, 1.165) is 6.42 Å². The van der Waals surface area contributed by atoms with Gasteiger partial charge in [0.05, 0.1) is 15.5 Å². The van der Waals surface area contributed by atoms with E-state index in [2.05, 4.69) is 15.9 Å². The Morgan fingerprint density at radius 3 is 2.86 bits per heavy atom. The molecule has 3 unspecified atom stereocenters. The van der Waals surface area contributed by atoms with Gasteiger partial charge in [-0.25, -0.2) is 0 Å². The van der Waals surface area contributed by atoms with Crippen molar-refractivity contribution in [1.29, 1.82) is 0 Å². The molecule has 2 rings (SSSR count). The van der Waals surface area contributed by atoms with Crippen LogP contribution < -0.4 is 4.74 Å². The van der Waals surface area contributed by atoms with Gasteiger partial charge in [0.1, 0.15) is 12.2 Å². The zero-order valence-corrected chi connectivity index (χ0v) is 13.6. The summed E-state index contributed by atoms with van der Waals surface area (Å²) in [7, 11) is 0. The first-order chi connectivity index (χ1) is 9.93. The number of benzene rings is 1. The molecule has 21 heavy (non-hydrogen) atoms. The number of halogens is 2. The van der Waals surface area contributed by atoms with Gasteiger partial charge in [-0.15, -0.1) is 0 Å². The minimum absolute atomic E-state index is 0.103. The maximum absolute atomic E-state index is 11.1. The highest BCUT2D eigenvalue weighted by Gasteiger charge is 2.44. The second-order valence-corrected chi connectivity index (χ2v) is 6.08. The highest BCUT2D eigenvalue weighted by Crippen LogP contribution is 2.41. The summed E-state index contributed by atoms with van der Waals surface area (Å²) in [6, 6.07) is 2.76. The summed E-state index contributed by atoms with van der Waals surface area (Å²) in [4.78, 5) is 10.5. The average Bonchev–Trinajstić information content (AvgIpc) is 2.40. The Morgan fingerprint density at radius 1 is 1.57 bits per heavy atom. The highest BCUT2D eigenvalue weighted by molar-refractivity contribution is 9.10. The van der Waals surface area contributed by atoms with Crippen LogP contribution in [-0.2, 0) is 4.74 Å². The molecule has 0 saturated heterocycles. The Hall–Kier alpha value is -0.890. The lowest BCUT2D eigenvalue weighted by molar-refractivity contribution is -0.386. The third-order valence-electron chi connectivity index (χ3n) is 3.19. The molecule has 1 saturated carbocycles. The van der Waals surface area contributed by atoms with Crippen LogP contribution in [-0.4, -0.2) is 34.9 Å². The molecule has 3 atom stereocenters. The van der Waals surface area contributed by atoms with Crippen molar-refractivity contribution in [2.45, 2.75) is 38.1 Å². The number of hydrogen-bond acceptors (Lipinski definition) is 5. The molecule has 0 amide bonds. The van der Waals surface area contributed by atoms with E-state index in [-0.39, 0.29) is 16.5 Å². The summed E-state index contributed by atoms with van der Waals surface area (Å²) in [6.45, 7) is 2.47. The first-order valence-electron chi connectivity index (χ1n) is 6.53. The third kappa shape index (κ3) is 3.66. The average molecular weight is 381 g/mol. The Labute approximate surface area is 135 Å². The van der Waals surface area contributed by atoms with Crippen LogP contribution in [0.15, 0.2) is 16.6 Å². The van der Waals surface area contributed by atoms with Gasteiger partial charge in [-0.3, -0.25) is 10.1 Å². The number of nitro benzene ring substituents is 1. The van der Waals surface area contributed by atoms with Crippen LogP contribution in [0.5, 0.6) is 5.75 Å². The third-order valence-corrected chi connectivity index (χ3v) is 4.00. The van der Waals surface area contributed by atoms with E-state index in [1.54, 1.807) is 0 Å². The van der Waals surface area contributed by atoms with E-state index in [0.29, 0.717) is 17.5 Å². The molecule has 6 nitrogen and oxygen atoms in total. The summed E-state index contributed by atoms with van der Waals surface area (Å²) in [6.07, 6.45) is -0.289. The van der Waals surface area contributed by atoms with Crippen LogP contribution in [0.1, 0.15) is 19.8 Å². The van der Waals surface area contributed by atoms with Gasteiger partial charge in [-0.1, -0.05) is 18.5 Å². The van der Waals surface area contributed by atoms with Gasteiger partial charge in [-0.05, 0) is 28.4 Å². The Kier molecular flexibility index (Phi) is 5.43. The molecule has 1 fully saturated rings. The van der Waals surface area contributed by atoms with Crippen molar-refractivity contribution in [3.8, 4) is 5.75 Å². The standard InChI is InChI=1S/C13H15BrClNO5/c1-2-3-20-13-10(17)6-11(13)21-12-8(14)4-7(15)5-9(12)16(18)19/h4-5,10-11,13,17H,2-3,6H2,1H3. The molecule has 1 aliphatic rings. The molecular weight excluding hydrogens is 366 g/mol. The van der Waals surface area contributed by atoms with Crippen molar-refractivity contribution < 1.29 is 19.5 Å². The van der Waals surface area contributed by atoms with Crippen molar-refractivity contribution in [2.24, 2.45) is 0 Å². The monoisotopic (exact) mass is 379 g/mol. The number of nitro groups is 1. The minimum atomic E-state index is -0.605. The molecular formula is C13H15BrClNO5. The molecule has 1 aliphatic carbocycles. The number of aliphatic hydroxyl groups is 1. The van der Waals surface area contributed by atoms with Crippen molar-refractivity contribution in [1.82, 2.24) is 0 Å². The molecule has 0 spiro atoms. The van der Waals surface area contributed by atoms with Crippen LogP contribution >= 0.6 is 27.5 Å². The Bertz CT molecular complexity index is 542. The molecule has 1 N–H and O–H groups in total. The predicted molar refractivity (Wildman–Crippen MR) is 80.9 cm³/mol. The first-order valence-corrected chi connectivity index (χ1v) is 7.71. The lowest BCUT2D eigenvalue weighted by Gasteiger charge is -2.40. The van der Waals surface area contributed by atoms with Crippen molar-refractivity contribution in [3.63, 3.8) is 0 Å². The van der Waals surface area contributed by atoms with Gasteiger partial charge in [0.2, 0.25) is 5.75 Å². The summed E-state index contributed by atoms with van der Waals surface area (Å²) in [5, 5.41) is 21.0. The van der Waals surface area contributed by atoms with Crippen LogP contribution in [0.3, 0.4) is 0 Å². The lowest BCUT2D eigenvalue weighted by atomic mass is 9.88. The molecule has 0 aliphatic heterocycles. The number of rotatable bonds is 6. The maximum atomic E-state index is 11.1. The van der Waals surface area contributed by atoms with E-state index < -0.39 is 23.2 Å². The Morgan fingerprint density at radius 2 is 2.29 bits per heavy atom. The van der Waals surface area contributed by atoms with Crippen LogP contribution in [0.4, 0.5) is 5.69 Å². The number of nitrogens with zero attached hydrogens (tertiary/aromatic N) is 1. The van der Waals surface area contributed by atoms with Crippen molar-refractivity contribution >= 4 is 33.2 Å². The fraction of sp³-hybridized carbons (Fsp3) is 0.538. The van der Waals surface area contributed by atoms with E-state index in [1.807, 2.05) is 6.92 Å². The van der Waals surface area contributed by atoms with Gasteiger partial charge < -0.3 is 14.6 Å². The summed E-state index contributed by atoms with van der Waals surface area (Å²) in [5.74, 6) is 0.103. The number of ether oxygens (including phenoxy) is 2. The fourth-order valence-electron chi connectivity index (χ4n) is 2.10. The number of aliphatic hydroxyl groups excluding tert-OH is 1. The van der Waals surface area contributed by atoms with Gasteiger partial charge in [-0.2, -0.15) is 0 Å². The van der Waals surface area contributed by atoms with Gasteiger partial charge in [0, 0.05) is 24.1 Å². The zero-order valence-electron chi connectivity index (χ0n) is 11.3. The minimum Gasteiger partial charge on any atom is -0.480 e. The second kappa shape index (κ2) is 6.91. The highest BCUT2D eigenvalue weighted by atomic mass is 79.9. The van der Waals surface area contributed by atoms with Gasteiger partial charge in [0.25, 0.3) is 0 Å². The number of hydrogen-bond donors (Lipinski definition) is 1. The molecule has 0 radical (unpaired) electrons. The molecule has 0 heterocycles. The Balaban J connectivity index is 2.18. The summed E-state index contributed by atoms with van der Waals surface area (Å²) in [5.41, 5.74) is -0.218. The van der Waals surface area contributed by atoms with Crippen LogP contribution in [0, 0.1) is 10.1 Å². The van der Waals surface area contributed by atoms with Crippen LogP contribution in [0.2, 0.25) is 5.02 Å². The molecule has 1 aromatic rings. The van der Waals surface area contributed by atoms with Gasteiger partial charge >= 0.3 is 5.69 Å². The van der Waals surface area contributed by atoms with E-state index in [4.69, 9.17) is 21.1 Å². The fourth-order valence-corrected chi connectivity index (χ4v) is 2.98. The quantitative estimate of drug-likeness (QED) is 0.605. The summed E-state index contributed by atoms with van der Waals surface area (Å²) >= 11 is 9.03. The second-order valence-electron chi connectivity index (χ2n) is 4.79. The van der Waals surface area contributed by atoms with Crippen molar-refractivity contribution in [3.05, 3.63) is 31.7 Å². The SMILES string of the molecule is CCCOC1C(O)CC1Oc1c(Br)cc(Cl)cc1[N+](=O)[O-]. The smallest absolute Gasteiger partial charge is 0.313 e. The van der Waals surface area contributed by atoms with Crippen molar-refractivity contribution in [2.75, 3.05) is 6.61 Å². The molecule has 0 aromatic heterocycles. The molecule has 8 heteroatoms. The molecule has 116 valence electrons. The van der Waals surface area contributed by atoms with Gasteiger partial charge in [0.15, 0.2) is 0 Å². The first kappa shape index (κ1) is 16.5. The largest absolute Gasteiger partial charge is 0.480 e. The lowest BCUT2D eigenvalue weighted by Crippen LogP contribution is -2.55. The van der Waals surface area contributed by atoms with E-state index in [9.17, 15) is 15.2 Å². The van der Waals surface area contributed by atoms with Crippen LogP contribution in [0.25, 0.3) is 0 Å². The van der Waals surface area contributed by atoms with E-state index >= 15 is 0 Å². The maximum Gasteiger partial charge on any atom is 0.313 e. The molecule has 0 bridgehead atoms. The van der Waals surface area contributed by atoms with E-state index in [1.165, 1.54) is 12.1 Å². The topological polar surface area (TPSA) is 81.8 Å². The summed E-state index contributed by atoms with van der Waals surface area (Å²) < 4.78 is 11.6. The normalized spacial score (nSPS) is 24.5.